The molecule has 0 aliphatic rings. The molecule has 6 nitrogen and oxygen atoms in total. The lowest BCUT2D eigenvalue weighted by atomic mass is 10.1. The first-order valence-electron chi connectivity index (χ1n) is 8.83. The fraction of sp³-hybridized carbons (Fsp3) is 0.350. The van der Waals surface area contributed by atoms with Gasteiger partial charge in [-0.05, 0) is 30.7 Å². The highest BCUT2D eigenvalue weighted by atomic mass is 16.5. The largest absolute Gasteiger partial charge is 0.494 e. The average Bonchev–Trinajstić information content (AvgIpc) is 2.66. The number of nitrogens with one attached hydrogen (secondary N) is 2. The summed E-state index contributed by atoms with van der Waals surface area (Å²) in [6.07, 6.45) is 6.28. The van der Waals surface area contributed by atoms with E-state index in [1.54, 1.807) is 24.3 Å². The van der Waals surface area contributed by atoms with Gasteiger partial charge in [0.1, 0.15) is 11.4 Å². The van der Waals surface area contributed by atoms with Gasteiger partial charge < -0.3 is 15.0 Å². The van der Waals surface area contributed by atoms with Crippen molar-refractivity contribution in [2.45, 2.75) is 39.0 Å². The topological polar surface area (TPSA) is 88.3 Å². The van der Waals surface area contributed by atoms with E-state index >= 15 is 0 Å². The van der Waals surface area contributed by atoms with Crippen molar-refractivity contribution in [2.75, 3.05) is 11.9 Å². The summed E-state index contributed by atoms with van der Waals surface area (Å²) in [7, 11) is 0. The molecule has 26 heavy (non-hydrogen) atoms. The molecule has 0 atom stereocenters. The monoisotopic (exact) mass is 356 g/mol. The van der Waals surface area contributed by atoms with Gasteiger partial charge in [0.25, 0.3) is 0 Å². The third-order valence-corrected chi connectivity index (χ3v) is 3.87. The lowest BCUT2D eigenvalue weighted by Crippen LogP contribution is -2.18. The maximum Gasteiger partial charge on any atom is 0.224 e. The summed E-state index contributed by atoms with van der Waals surface area (Å²) in [6, 6.07) is 8.27. The molecule has 1 heterocycles. The molecule has 1 aromatic carbocycles. The maximum atomic E-state index is 12.2. The van der Waals surface area contributed by atoms with Crippen molar-refractivity contribution < 1.29 is 14.3 Å². The van der Waals surface area contributed by atoms with Gasteiger partial charge in [-0.3, -0.25) is 14.4 Å². The van der Waals surface area contributed by atoms with Crippen LogP contribution in [-0.2, 0) is 4.79 Å². The van der Waals surface area contributed by atoms with Crippen LogP contribution in [0.5, 0.6) is 5.75 Å². The minimum atomic E-state index is -0.370. The number of Topliss-reactive ketones (excluding diaryl/α,β-unsaturated/α-hetero) is 1. The number of rotatable bonds is 10. The van der Waals surface area contributed by atoms with E-state index in [1.165, 1.54) is 18.5 Å². The molecule has 2 aromatic rings. The van der Waals surface area contributed by atoms with E-state index in [1.807, 2.05) is 0 Å². The lowest BCUT2D eigenvalue weighted by molar-refractivity contribution is -0.116. The number of H-pyrrole nitrogens is 1. The Hall–Kier alpha value is -2.89. The van der Waals surface area contributed by atoms with Crippen LogP contribution in [0.1, 0.15) is 49.4 Å². The predicted molar refractivity (Wildman–Crippen MR) is 101 cm³/mol. The van der Waals surface area contributed by atoms with E-state index in [9.17, 15) is 14.4 Å². The molecule has 138 valence electrons. The third kappa shape index (κ3) is 6.20. The number of benzene rings is 1. The molecule has 2 rings (SSSR count). The summed E-state index contributed by atoms with van der Waals surface area (Å²) >= 11 is 0. The first-order valence-corrected chi connectivity index (χ1v) is 8.83. The number of ether oxygens (including phenoxy) is 1. The molecular formula is C20H24N2O4. The number of amides is 1. The number of aromatic nitrogens is 1. The van der Waals surface area contributed by atoms with Crippen molar-refractivity contribution >= 4 is 17.4 Å². The van der Waals surface area contributed by atoms with Crippen LogP contribution in [-0.4, -0.2) is 23.3 Å². The molecule has 0 bridgehead atoms. The van der Waals surface area contributed by atoms with Gasteiger partial charge in [-0.1, -0.05) is 19.8 Å². The van der Waals surface area contributed by atoms with E-state index in [0.29, 0.717) is 12.2 Å². The second kappa shape index (κ2) is 10.2. The highest BCUT2D eigenvalue weighted by Crippen LogP contribution is 2.15. The van der Waals surface area contributed by atoms with E-state index in [2.05, 4.69) is 17.2 Å². The number of carbonyl (C=O) groups excluding carboxylic acids is 2. The van der Waals surface area contributed by atoms with Gasteiger partial charge >= 0.3 is 0 Å². The molecule has 0 aliphatic carbocycles. The van der Waals surface area contributed by atoms with E-state index in [0.717, 1.165) is 25.0 Å². The van der Waals surface area contributed by atoms with Crippen molar-refractivity contribution in [1.29, 1.82) is 0 Å². The third-order valence-electron chi connectivity index (χ3n) is 3.87. The summed E-state index contributed by atoms with van der Waals surface area (Å²) in [6.45, 7) is 2.80. The molecule has 0 unspecified atom stereocenters. The molecule has 0 aliphatic heterocycles. The van der Waals surface area contributed by atoms with Gasteiger partial charge in [0.05, 0.1) is 6.61 Å². The molecule has 1 aromatic heterocycles. The summed E-state index contributed by atoms with van der Waals surface area (Å²) in [5.74, 6) is 0.240. The number of anilines is 1. The van der Waals surface area contributed by atoms with Gasteiger partial charge in [-0.2, -0.15) is 0 Å². The van der Waals surface area contributed by atoms with Gasteiger partial charge in [0.2, 0.25) is 11.3 Å². The fourth-order valence-electron chi connectivity index (χ4n) is 2.38. The number of hydrogen-bond donors (Lipinski definition) is 2. The second-order valence-electron chi connectivity index (χ2n) is 5.97. The number of ketones is 1. The summed E-state index contributed by atoms with van der Waals surface area (Å²) < 4.78 is 5.61. The second-order valence-corrected chi connectivity index (χ2v) is 5.97. The molecule has 0 radical (unpaired) electrons. The quantitative estimate of drug-likeness (QED) is 0.503. The maximum absolute atomic E-state index is 12.2. The molecule has 1 amide bonds. The van der Waals surface area contributed by atoms with Crippen molar-refractivity contribution in [3.05, 3.63) is 58.5 Å². The van der Waals surface area contributed by atoms with Crippen LogP contribution >= 0.6 is 0 Å². The van der Waals surface area contributed by atoms with Crippen LogP contribution in [0.3, 0.4) is 0 Å². The molecule has 0 fully saturated rings. The fourth-order valence-corrected chi connectivity index (χ4v) is 2.38. The molecule has 2 N–H and O–H groups in total. The number of carbonyl (C=O) groups is 2. The number of pyridine rings is 1. The Kier molecular flexibility index (Phi) is 7.61. The minimum absolute atomic E-state index is 0.0163. The minimum Gasteiger partial charge on any atom is -0.494 e. The Bertz CT molecular complexity index is 781. The molecule has 0 spiro atoms. The van der Waals surface area contributed by atoms with Crippen LogP contribution < -0.4 is 15.5 Å². The Balaban J connectivity index is 1.79. The average molecular weight is 356 g/mol. The predicted octanol–water partition coefficient (Wildman–Crippen LogP) is 3.55. The summed E-state index contributed by atoms with van der Waals surface area (Å²) in [5, 5.41) is 2.50. The Labute approximate surface area is 152 Å². The normalized spacial score (nSPS) is 10.3. The number of aromatic amines is 1. The van der Waals surface area contributed by atoms with Crippen LogP contribution in [0.25, 0.3) is 0 Å². The highest BCUT2D eigenvalue weighted by Gasteiger charge is 2.11. The van der Waals surface area contributed by atoms with E-state index in [4.69, 9.17) is 4.74 Å². The van der Waals surface area contributed by atoms with Gasteiger partial charge in [0, 0.05) is 36.9 Å². The zero-order valence-corrected chi connectivity index (χ0v) is 14.9. The van der Waals surface area contributed by atoms with Crippen molar-refractivity contribution in [2.24, 2.45) is 0 Å². The van der Waals surface area contributed by atoms with Crippen LogP contribution in [0.2, 0.25) is 0 Å². The van der Waals surface area contributed by atoms with Gasteiger partial charge in [-0.25, -0.2) is 0 Å². The van der Waals surface area contributed by atoms with Crippen LogP contribution in [0.4, 0.5) is 5.69 Å². The zero-order valence-electron chi connectivity index (χ0n) is 14.9. The van der Waals surface area contributed by atoms with Gasteiger partial charge in [0.15, 0.2) is 5.78 Å². The Morgan fingerprint density at radius 3 is 2.54 bits per heavy atom. The molecule has 6 heteroatoms. The van der Waals surface area contributed by atoms with Crippen molar-refractivity contribution in [1.82, 2.24) is 4.98 Å². The van der Waals surface area contributed by atoms with Crippen molar-refractivity contribution in [3.8, 4) is 5.75 Å². The van der Waals surface area contributed by atoms with Crippen LogP contribution in [0, 0.1) is 0 Å². The summed E-state index contributed by atoms with van der Waals surface area (Å²) in [4.78, 5) is 38.4. The first-order chi connectivity index (χ1) is 12.6. The molecule has 0 saturated carbocycles. The molecule has 0 saturated heterocycles. The van der Waals surface area contributed by atoms with Gasteiger partial charge in [-0.15, -0.1) is 0 Å². The molecular weight excluding hydrogens is 332 g/mol. The Morgan fingerprint density at radius 1 is 1.08 bits per heavy atom. The zero-order chi connectivity index (χ0) is 18.8. The highest BCUT2D eigenvalue weighted by molar-refractivity contribution is 6.00. The summed E-state index contributed by atoms with van der Waals surface area (Å²) in [5.41, 5.74) is 0.434. The first kappa shape index (κ1) is 19.4. The smallest absolute Gasteiger partial charge is 0.224 e. The van der Waals surface area contributed by atoms with Crippen LogP contribution in [0.15, 0.2) is 47.5 Å². The van der Waals surface area contributed by atoms with E-state index < -0.39 is 0 Å². The lowest BCUT2D eigenvalue weighted by Gasteiger charge is -2.07. The Morgan fingerprint density at radius 2 is 1.85 bits per heavy atom. The number of unbranched alkanes of at least 4 members (excludes halogenated alkanes) is 2. The standard InChI is InChI=1S/C20H24N2O4/c1-2-3-4-13-26-16-7-5-15(6-8-16)18(23)9-10-20(25)22-17-14-21-12-11-19(17)24/h5-8,11-12,14H,2-4,9-10,13H2,1H3,(H,21,24)(H,22,25). The SMILES string of the molecule is CCCCCOc1ccc(C(=O)CCC(=O)Nc2c[nH]ccc2=O)cc1. The van der Waals surface area contributed by atoms with E-state index in [-0.39, 0.29) is 35.6 Å². The van der Waals surface area contributed by atoms with Crippen molar-refractivity contribution in [3.63, 3.8) is 0 Å². The number of hydrogen-bond acceptors (Lipinski definition) is 4.